The van der Waals surface area contributed by atoms with Crippen molar-refractivity contribution in [1.82, 2.24) is 24.6 Å². The standard InChI is InChI=1S/C16H23N5/c1-6-18-16-19-14(11-20(16)9-1)12-21(15-2-3-15)10-13-4-7-17-8-5-13/h1,6,9,11,13,15,17H,2-5,7-8,10,12H2. The zero-order valence-electron chi connectivity index (χ0n) is 12.4. The van der Waals surface area contributed by atoms with E-state index in [0.717, 1.165) is 30.0 Å². The monoisotopic (exact) mass is 285 g/mol. The minimum absolute atomic E-state index is 0.789. The Balaban J connectivity index is 1.46. The molecule has 1 aliphatic heterocycles. The smallest absolute Gasteiger partial charge is 0.233 e. The van der Waals surface area contributed by atoms with E-state index in [1.165, 1.54) is 45.3 Å². The van der Waals surface area contributed by atoms with Gasteiger partial charge in [-0.2, -0.15) is 0 Å². The summed E-state index contributed by atoms with van der Waals surface area (Å²) in [7, 11) is 0. The molecule has 0 bridgehead atoms. The highest BCUT2D eigenvalue weighted by Crippen LogP contribution is 2.30. The highest BCUT2D eigenvalue weighted by atomic mass is 15.2. The van der Waals surface area contributed by atoms with Crippen LogP contribution in [0.15, 0.2) is 24.7 Å². The molecule has 0 aromatic carbocycles. The van der Waals surface area contributed by atoms with E-state index in [0.29, 0.717) is 0 Å². The Bertz CT molecular complexity index is 564. The molecule has 0 radical (unpaired) electrons. The molecule has 0 amide bonds. The van der Waals surface area contributed by atoms with E-state index in [-0.39, 0.29) is 0 Å². The van der Waals surface area contributed by atoms with Crippen molar-refractivity contribution in [1.29, 1.82) is 0 Å². The van der Waals surface area contributed by atoms with Crippen LogP contribution < -0.4 is 5.32 Å². The number of hydrogen-bond acceptors (Lipinski definition) is 4. The second-order valence-electron chi connectivity index (χ2n) is 6.41. The van der Waals surface area contributed by atoms with Gasteiger partial charge in [-0.1, -0.05) is 0 Å². The third-order valence-electron chi connectivity index (χ3n) is 4.67. The largest absolute Gasteiger partial charge is 0.317 e. The maximum atomic E-state index is 4.65. The fourth-order valence-corrected chi connectivity index (χ4v) is 3.34. The highest BCUT2D eigenvalue weighted by molar-refractivity contribution is 5.29. The summed E-state index contributed by atoms with van der Waals surface area (Å²) < 4.78 is 2.02. The molecule has 112 valence electrons. The van der Waals surface area contributed by atoms with Crippen LogP contribution >= 0.6 is 0 Å². The van der Waals surface area contributed by atoms with Crippen LogP contribution in [0.25, 0.3) is 5.78 Å². The normalized spacial score (nSPS) is 20.4. The van der Waals surface area contributed by atoms with Crippen LogP contribution in [0.3, 0.4) is 0 Å². The average molecular weight is 285 g/mol. The minimum atomic E-state index is 0.789. The Morgan fingerprint density at radius 2 is 2.10 bits per heavy atom. The van der Waals surface area contributed by atoms with Crippen LogP contribution in [0.1, 0.15) is 31.4 Å². The van der Waals surface area contributed by atoms with E-state index in [1.807, 2.05) is 16.7 Å². The van der Waals surface area contributed by atoms with Gasteiger partial charge in [-0.3, -0.25) is 9.30 Å². The van der Waals surface area contributed by atoms with Crippen molar-refractivity contribution in [3.8, 4) is 0 Å². The maximum Gasteiger partial charge on any atom is 0.233 e. The first-order chi connectivity index (χ1) is 10.4. The third-order valence-corrected chi connectivity index (χ3v) is 4.67. The van der Waals surface area contributed by atoms with Crippen LogP contribution in [-0.2, 0) is 6.54 Å². The van der Waals surface area contributed by atoms with E-state index < -0.39 is 0 Å². The number of imidazole rings is 1. The quantitative estimate of drug-likeness (QED) is 0.908. The summed E-state index contributed by atoms with van der Waals surface area (Å²) in [5.74, 6) is 1.66. The number of fused-ring (bicyclic) bond motifs is 1. The summed E-state index contributed by atoms with van der Waals surface area (Å²) in [4.78, 5) is 11.6. The van der Waals surface area contributed by atoms with Gasteiger partial charge in [0.1, 0.15) is 0 Å². The number of hydrogen-bond donors (Lipinski definition) is 1. The maximum absolute atomic E-state index is 4.65. The molecule has 2 fully saturated rings. The average Bonchev–Trinajstić information content (AvgIpc) is 3.28. The molecule has 1 N–H and O–H groups in total. The molecule has 5 nitrogen and oxygen atoms in total. The fraction of sp³-hybridized carbons (Fsp3) is 0.625. The van der Waals surface area contributed by atoms with Gasteiger partial charge >= 0.3 is 0 Å². The van der Waals surface area contributed by atoms with Crippen LogP contribution in [-0.4, -0.2) is 44.9 Å². The molecular formula is C16H23N5. The van der Waals surface area contributed by atoms with Gasteiger partial charge in [0.05, 0.1) is 5.69 Å². The molecule has 1 aliphatic carbocycles. The molecular weight excluding hydrogens is 262 g/mol. The lowest BCUT2D eigenvalue weighted by Crippen LogP contribution is -2.37. The number of nitrogens with one attached hydrogen (secondary N) is 1. The van der Waals surface area contributed by atoms with Crippen LogP contribution in [0.5, 0.6) is 0 Å². The Morgan fingerprint density at radius 3 is 2.86 bits per heavy atom. The Hall–Kier alpha value is -1.46. The van der Waals surface area contributed by atoms with Gasteiger partial charge in [0, 0.05) is 37.7 Å². The molecule has 0 spiro atoms. The lowest BCUT2D eigenvalue weighted by molar-refractivity contribution is 0.188. The molecule has 2 aliphatic rings. The van der Waals surface area contributed by atoms with Gasteiger partial charge < -0.3 is 5.32 Å². The van der Waals surface area contributed by atoms with E-state index in [1.54, 1.807) is 6.20 Å². The minimum Gasteiger partial charge on any atom is -0.317 e. The Morgan fingerprint density at radius 1 is 1.24 bits per heavy atom. The number of piperidine rings is 1. The summed E-state index contributed by atoms with van der Waals surface area (Å²) >= 11 is 0. The summed E-state index contributed by atoms with van der Waals surface area (Å²) in [5.41, 5.74) is 1.15. The Labute approximate surface area is 125 Å². The summed E-state index contributed by atoms with van der Waals surface area (Å²) in [6.45, 7) is 4.56. The van der Waals surface area contributed by atoms with E-state index >= 15 is 0 Å². The van der Waals surface area contributed by atoms with Gasteiger partial charge in [-0.15, -0.1) is 0 Å². The van der Waals surface area contributed by atoms with Gasteiger partial charge in [0.15, 0.2) is 0 Å². The second kappa shape index (κ2) is 5.73. The van der Waals surface area contributed by atoms with E-state index in [9.17, 15) is 0 Å². The predicted molar refractivity (Wildman–Crippen MR) is 82.0 cm³/mol. The van der Waals surface area contributed by atoms with Crippen molar-refractivity contribution in [3.63, 3.8) is 0 Å². The first-order valence-electron chi connectivity index (χ1n) is 8.12. The first kappa shape index (κ1) is 13.2. The molecule has 5 heteroatoms. The Kier molecular flexibility index (Phi) is 3.61. The number of rotatable bonds is 5. The second-order valence-corrected chi connectivity index (χ2v) is 6.41. The summed E-state index contributed by atoms with van der Waals surface area (Å²) in [6.07, 6.45) is 11.3. The summed E-state index contributed by atoms with van der Waals surface area (Å²) in [5, 5.41) is 3.46. The molecule has 0 unspecified atom stereocenters. The van der Waals surface area contributed by atoms with Gasteiger partial charge in [0.25, 0.3) is 0 Å². The van der Waals surface area contributed by atoms with Crippen molar-refractivity contribution >= 4 is 5.78 Å². The van der Waals surface area contributed by atoms with Crippen molar-refractivity contribution in [2.24, 2.45) is 5.92 Å². The molecule has 2 aromatic rings. The van der Waals surface area contributed by atoms with Gasteiger partial charge in [-0.05, 0) is 50.8 Å². The van der Waals surface area contributed by atoms with Crippen LogP contribution in [0.2, 0.25) is 0 Å². The molecule has 1 saturated heterocycles. The molecule has 3 heterocycles. The fourth-order valence-electron chi connectivity index (χ4n) is 3.34. The van der Waals surface area contributed by atoms with Crippen molar-refractivity contribution in [3.05, 3.63) is 30.4 Å². The van der Waals surface area contributed by atoms with Crippen LogP contribution in [0.4, 0.5) is 0 Å². The number of aromatic nitrogens is 3. The third kappa shape index (κ3) is 3.09. The molecule has 4 rings (SSSR count). The zero-order valence-corrected chi connectivity index (χ0v) is 12.4. The first-order valence-corrected chi connectivity index (χ1v) is 8.12. The van der Waals surface area contributed by atoms with Crippen LogP contribution in [0, 0.1) is 5.92 Å². The lowest BCUT2D eigenvalue weighted by atomic mass is 9.97. The molecule has 2 aromatic heterocycles. The lowest BCUT2D eigenvalue weighted by Gasteiger charge is -2.29. The number of nitrogens with zero attached hydrogens (tertiary/aromatic N) is 4. The van der Waals surface area contributed by atoms with Crippen molar-refractivity contribution < 1.29 is 0 Å². The van der Waals surface area contributed by atoms with Gasteiger partial charge in [0.2, 0.25) is 5.78 Å². The zero-order chi connectivity index (χ0) is 14.1. The van der Waals surface area contributed by atoms with Crippen molar-refractivity contribution in [2.45, 2.75) is 38.3 Å². The summed E-state index contributed by atoms with van der Waals surface area (Å²) in [6, 6.07) is 2.74. The van der Waals surface area contributed by atoms with E-state index in [4.69, 9.17) is 0 Å². The molecule has 0 atom stereocenters. The topological polar surface area (TPSA) is 45.5 Å². The molecule has 1 saturated carbocycles. The van der Waals surface area contributed by atoms with Crippen molar-refractivity contribution in [2.75, 3.05) is 19.6 Å². The molecule has 21 heavy (non-hydrogen) atoms. The predicted octanol–water partition coefficient (Wildman–Crippen LogP) is 1.69. The van der Waals surface area contributed by atoms with Gasteiger partial charge in [-0.25, -0.2) is 9.97 Å². The van der Waals surface area contributed by atoms with E-state index in [2.05, 4.69) is 26.4 Å². The highest BCUT2D eigenvalue weighted by Gasteiger charge is 2.31. The SMILES string of the molecule is c1cnc2nc(CN(CC3CCNCC3)C3CC3)cn2c1.